The summed E-state index contributed by atoms with van der Waals surface area (Å²) in [7, 11) is 0. The van der Waals surface area contributed by atoms with Gasteiger partial charge in [-0.05, 0) is 45.3 Å². The molecular weight excluding hydrogens is 460 g/mol. The summed E-state index contributed by atoms with van der Waals surface area (Å²) in [5.41, 5.74) is 1.27. The van der Waals surface area contributed by atoms with Crippen LogP contribution in [-0.4, -0.2) is 57.8 Å². The van der Waals surface area contributed by atoms with Gasteiger partial charge in [0.25, 0.3) is 0 Å². The van der Waals surface area contributed by atoms with E-state index in [2.05, 4.69) is 16.2 Å². The van der Waals surface area contributed by atoms with Crippen LogP contribution in [0.4, 0.5) is 0 Å². The Kier molecular flexibility index (Phi) is 10.7. The lowest BCUT2D eigenvalue weighted by Gasteiger charge is -2.35. The largest absolute Gasteiger partial charge is 0.449 e. The number of carbonyl (C=O) groups excluding carboxylic acids is 2. The number of nitrogens with one attached hydrogen (secondary N) is 1. The van der Waals surface area contributed by atoms with Gasteiger partial charge in [0.05, 0.1) is 48.7 Å². The molecule has 0 radical (unpaired) electrons. The van der Waals surface area contributed by atoms with E-state index in [1.165, 1.54) is 0 Å². The number of ether oxygens (including phenoxy) is 1. The zero-order chi connectivity index (χ0) is 27.0. The molecule has 1 aliphatic heterocycles. The van der Waals surface area contributed by atoms with Crippen molar-refractivity contribution in [1.29, 1.82) is 0 Å². The lowest BCUT2D eigenvalue weighted by Crippen LogP contribution is -2.49. The highest BCUT2D eigenvalue weighted by molar-refractivity contribution is 5.89. The quantitative estimate of drug-likeness (QED) is 0.430. The number of Topliss-reactive ketones (excluding diaryl/α,β-unsaturated/α-hetero) is 1. The van der Waals surface area contributed by atoms with Gasteiger partial charge in [0, 0.05) is 13.3 Å². The van der Waals surface area contributed by atoms with E-state index < -0.39 is 35.4 Å². The van der Waals surface area contributed by atoms with Gasteiger partial charge in [0.2, 0.25) is 5.91 Å². The fraction of sp³-hybridized carbons (Fsp3) is 0.607. The molecule has 2 heterocycles. The lowest BCUT2D eigenvalue weighted by atomic mass is 9.72. The van der Waals surface area contributed by atoms with Gasteiger partial charge in [-0.3, -0.25) is 9.59 Å². The number of aliphatic hydroxyl groups excluding tert-OH is 2. The Bertz CT molecular complexity index is 1020. The number of hydrogen-bond donors (Lipinski definition) is 3. The summed E-state index contributed by atoms with van der Waals surface area (Å²) in [5.74, 6) is 1.29. The third-order valence-electron chi connectivity index (χ3n) is 6.89. The van der Waals surface area contributed by atoms with Gasteiger partial charge in [-0.25, -0.2) is 4.98 Å². The van der Waals surface area contributed by atoms with E-state index in [0.717, 1.165) is 11.1 Å². The maximum atomic E-state index is 13.4. The van der Waals surface area contributed by atoms with Crippen molar-refractivity contribution in [2.45, 2.75) is 91.6 Å². The van der Waals surface area contributed by atoms with Gasteiger partial charge in [-0.1, -0.05) is 25.5 Å². The molecule has 1 amide bonds. The van der Waals surface area contributed by atoms with Crippen LogP contribution in [0.15, 0.2) is 27.9 Å². The van der Waals surface area contributed by atoms with Crippen LogP contribution in [0.5, 0.6) is 0 Å². The van der Waals surface area contributed by atoms with Crippen molar-refractivity contribution in [1.82, 2.24) is 10.3 Å². The standard InChI is InChI=1S/C28H40N2O6/c1-8-9-22-26(33)19(4)35-13-12-17(2)10-11-23(18(3)14-21-16-36-20(5)29-21)30-25(32)15-24(31)28(6,7)27(22)34/h1,10,14,16,19,22-24,26,31,33H,9,11-13,15H2,2-7H3,(H,30,32)/b17-10-,18-14+/t19-,22-,23+,24+,26-/m1/s1. The molecule has 36 heavy (non-hydrogen) atoms. The van der Waals surface area contributed by atoms with Crippen molar-refractivity contribution >= 4 is 17.8 Å². The summed E-state index contributed by atoms with van der Waals surface area (Å²) in [6.45, 7) is 10.8. The van der Waals surface area contributed by atoms with E-state index in [4.69, 9.17) is 15.6 Å². The van der Waals surface area contributed by atoms with Gasteiger partial charge < -0.3 is 24.7 Å². The molecule has 0 saturated carbocycles. The average Bonchev–Trinajstić information content (AvgIpc) is 3.22. The molecule has 0 unspecified atom stereocenters. The highest BCUT2D eigenvalue weighted by Crippen LogP contribution is 2.32. The van der Waals surface area contributed by atoms with Crippen LogP contribution in [-0.2, 0) is 14.3 Å². The number of aliphatic hydroxyl groups is 2. The second kappa shape index (κ2) is 13.0. The maximum absolute atomic E-state index is 13.4. The summed E-state index contributed by atoms with van der Waals surface area (Å²) in [4.78, 5) is 30.7. The second-order valence-corrected chi connectivity index (χ2v) is 10.2. The van der Waals surface area contributed by atoms with E-state index in [-0.39, 0.29) is 24.8 Å². The fourth-order valence-corrected chi connectivity index (χ4v) is 4.21. The average molecular weight is 501 g/mol. The number of hydrogen-bond acceptors (Lipinski definition) is 7. The first kappa shape index (κ1) is 29.5. The van der Waals surface area contributed by atoms with E-state index in [0.29, 0.717) is 31.0 Å². The number of aromatic nitrogens is 1. The van der Waals surface area contributed by atoms with Gasteiger partial charge in [-0.2, -0.15) is 0 Å². The Morgan fingerprint density at radius 1 is 1.33 bits per heavy atom. The summed E-state index contributed by atoms with van der Waals surface area (Å²) in [6.07, 6.45) is 8.76. The van der Waals surface area contributed by atoms with Gasteiger partial charge >= 0.3 is 0 Å². The van der Waals surface area contributed by atoms with E-state index in [1.54, 1.807) is 34.0 Å². The number of oxazole rings is 1. The maximum Gasteiger partial charge on any atom is 0.223 e. The molecule has 5 atom stereocenters. The molecule has 1 aromatic rings. The number of amides is 1. The van der Waals surface area contributed by atoms with Crippen molar-refractivity contribution in [3.05, 3.63) is 35.1 Å². The summed E-state index contributed by atoms with van der Waals surface area (Å²) in [5, 5.41) is 24.8. The Morgan fingerprint density at radius 3 is 2.64 bits per heavy atom. The molecule has 198 valence electrons. The zero-order valence-electron chi connectivity index (χ0n) is 22.2. The molecule has 1 aliphatic rings. The normalized spacial score (nSPS) is 30.7. The Balaban J connectivity index is 2.37. The van der Waals surface area contributed by atoms with Crippen LogP contribution < -0.4 is 5.32 Å². The van der Waals surface area contributed by atoms with Crippen LogP contribution in [0.1, 0.15) is 71.9 Å². The number of nitrogens with zero attached hydrogens (tertiary/aromatic N) is 1. The number of aryl methyl sites for hydroxylation is 1. The van der Waals surface area contributed by atoms with E-state index in [1.807, 2.05) is 26.0 Å². The first-order valence-electron chi connectivity index (χ1n) is 12.4. The molecular formula is C28H40N2O6. The third-order valence-corrected chi connectivity index (χ3v) is 6.89. The van der Waals surface area contributed by atoms with Crippen LogP contribution in [0.3, 0.4) is 0 Å². The highest BCUT2D eigenvalue weighted by Gasteiger charge is 2.43. The molecule has 2 rings (SSSR count). The predicted octanol–water partition coefficient (Wildman–Crippen LogP) is 3.36. The molecule has 0 fully saturated rings. The Hall–Kier alpha value is -2.73. The first-order chi connectivity index (χ1) is 16.9. The summed E-state index contributed by atoms with van der Waals surface area (Å²) < 4.78 is 11.1. The van der Waals surface area contributed by atoms with Crippen LogP contribution in [0.2, 0.25) is 0 Å². The van der Waals surface area contributed by atoms with Crippen molar-refractivity contribution < 1.29 is 29.0 Å². The van der Waals surface area contributed by atoms with Gasteiger partial charge in [0.15, 0.2) is 5.89 Å². The van der Waals surface area contributed by atoms with Crippen molar-refractivity contribution in [3.8, 4) is 12.3 Å². The fourth-order valence-electron chi connectivity index (χ4n) is 4.21. The molecule has 0 bridgehead atoms. The zero-order valence-corrected chi connectivity index (χ0v) is 22.2. The van der Waals surface area contributed by atoms with Crippen molar-refractivity contribution in [3.63, 3.8) is 0 Å². The van der Waals surface area contributed by atoms with E-state index in [9.17, 15) is 19.8 Å². The molecule has 8 heteroatoms. The minimum Gasteiger partial charge on any atom is -0.449 e. The summed E-state index contributed by atoms with van der Waals surface area (Å²) in [6, 6.07) is -0.348. The molecule has 0 spiro atoms. The molecule has 8 nitrogen and oxygen atoms in total. The predicted molar refractivity (Wildman–Crippen MR) is 138 cm³/mol. The Labute approximate surface area is 214 Å². The number of carbonyl (C=O) groups is 2. The SMILES string of the molecule is C#CC[C@H]1C(=O)C(C)(C)[C@@H](O)CC(=O)N[C@H](/C(C)=C/c2coc(C)n2)C/C=C(/C)CCO[C@H](C)[C@H]1O. The van der Waals surface area contributed by atoms with Gasteiger partial charge in [-0.15, -0.1) is 12.3 Å². The smallest absolute Gasteiger partial charge is 0.223 e. The van der Waals surface area contributed by atoms with E-state index >= 15 is 0 Å². The first-order valence-corrected chi connectivity index (χ1v) is 12.4. The number of terminal acetylenes is 1. The van der Waals surface area contributed by atoms with Crippen molar-refractivity contribution in [2.24, 2.45) is 11.3 Å². The lowest BCUT2D eigenvalue weighted by molar-refractivity contribution is -0.146. The minimum atomic E-state index is -1.31. The molecule has 1 aromatic heterocycles. The summed E-state index contributed by atoms with van der Waals surface area (Å²) >= 11 is 0. The molecule has 0 saturated heterocycles. The topological polar surface area (TPSA) is 122 Å². The van der Waals surface area contributed by atoms with Crippen LogP contribution in [0, 0.1) is 30.6 Å². The third kappa shape index (κ3) is 7.89. The number of rotatable bonds is 3. The Morgan fingerprint density at radius 2 is 2.03 bits per heavy atom. The minimum absolute atomic E-state index is 0.00254. The van der Waals surface area contributed by atoms with Crippen LogP contribution in [0.25, 0.3) is 6.08 Å². The van der Waals surface area contributed by atoms with Crippen LogP contribution >= 0.6 is 0 Å². The highest BCUT2D eigenvalue weighted by atomic mass is 16.5. The molecule has 0 aromatic carbocycles. The van der Waals surface area contributed by atoms with Gasteiger partial charge in [0.1, 0.15) is 17.7 Å². The second-order valence-electron chi connectivity index (χ2n) is 10.2. The number of ketones is 1. The van der Waals surface area contributed by atoms with Crippen molar-refractivity contribution in [2.75, 3.05) is 6.61 Å². The molecule has 3 N–H and O–H groups in total. The monoisotopic (exact) mass is 500 g/mol. The molecule has 0 aliphatic carbocycles.